The van der Waals surface area contributed by atoms with Crippen LogP contribution in [-0.2, 0) is 10.0 Å². The molecular formula is C15H17ClN2O2S. The van der Waals surface area contributed by atoms with Crippen LogP contribution >= 0.6 is 11.6 Å². The maximum atomic E-state index is 12.5. The van der Waals surface area contributed by atoms with Gasteiger partial charge in [-0.05, 0) is 36.8 Å². The second-order valence-corrected chi connectivity index (χ2v) is 6.63. The first-order valence-electron chi connectivity index (χ1n) is 6.64. The summed E-state index contributed by atoms with van der Waals surface area (Å²) in [5.74, 6) is 0. The first kappa shape index (κ1) is 15.7. The number of para-hydroxylation sites is 1. The molecule has 2 aromatic rings. The van der Waals surface area contributed by atoms with Gasteiger partial charge in [-0.3, -0.25) is 4.72 Å². The van der Waals surface area contributed by atoms with Gasteiger partial charge in [-0.15, -0.1) is 0 Å². The van der Waals surface area contributed by atoms with Gasteiger partial charge in [-0.2, -0.15) is 0 Å². The monoisotopic (exact) mass is 324 g/mol. The molecule has 0 fully saturated rings. The molecule has 0 saturated heterocycles. The van der Waals surface area contributed by atoms with E-state index in [4.69, 9.17) is 11.6 Å². The Morgan fingerprint density at radius 2 is 1.86 bits per heavy atom. The first-order valence-corrected chi connectivity index (χ1v) is 8.50. The van der Waals surface area contributed by atoms with Gasteiger partial charge in [0.1, 0.15) is 4.90 Å². The van der Waals surface area contributed by atoms with Crippen LogP contribution < -0.4 is 10.0 Å². The van der Waals surface area contributed by atoms with E-state index >= 15 is 0 Å². The molecule has 0 atom stereocenters. The lowest BCUT2D eigenvalue weighted by atomic mass is 10.3. The number of halogens is 1. The van der Waals surface area contributed by atoms with Crippen molar-refractivity contribution in [2.45, 2.75) is 18.2 Å². The number of hydrogen-bond donors (Lipinski definition) is 2. The van der Waals surface area contributed by atoms with E-state index in [0.29, 0.717) is 22.9 Å². The number of rotatable bonds is 6. The van der Waals surface area contributed by atoms with Crippen LogP contribution in [0.2, 0.25) is 5.02 Å². The summed E-state index contributed by atoms with van der Waals surface area (Å²) < 4.78 is 27.5. The van der Waals surface area contributed by atoms with Crippen molar-refractivity contribution < 1.29 is 8.42 Å². The van der Waals surface area contributed by atoms with Crippen molar-refractivity contribution in [2.24, 2.45) is 0 Å². The highest BCUT2D eigenvalue weighted by Crippen LogP contribution is 2.24. The van der Waals surface area contributed by atoms with E-state index in [1.54, 1.807) is 48.5 Å². The van der Waals surface area contributed by atoms with Gasteiger partial charge in [0.15, 0.2) is 0 Å². The molecule has 6 heteroatoms. The standard InChI is InChI=1S/C15H17ClN2O2S/c1-2-10-17-14-8-3-4-9-15(14)21(19,20)18-13-7-5-6-12(16)11-13/h3-9,11,17-18H,2,10H2,1H3. The first-order chi connectivity index (χ1) is 10.0. The number of hydrogen-bond acceptors (Lipinski definition) is 3. The number of nitrogens with one attached hydrogen (secondary N) is 2. The van der Waals surface area contributed by atoms with E-state index in [2.05, 4.69) is 10.0 Å². The summed E-state index contributed by atoms with van der Waals surface area (Å²) in [6.07, 6.45) is 0.913. The molecule has 4 nitrogen and oxygen atoms in total. The van der Waals surface area contributed by atoms with Crippen molar-refractivity contribution in [2.75, 3.05) is 16.6 Å². The Labute approximate surface area is 130 Å². The zero-order valence-corrected chi connectivity index (χ0v) is 13.2. The largest absolute Gasteiger partial charge is 0.384 e. The van der Waals surface area contributed by atoms with Gasteiger partial charge < -0.3 is 5.32 Å². The molecule has 2 aromatic carbocycles. The Balaban J connectivity index is 2.31. The Bertz CT molecular complexity index is 717. The summed E-state index contributed by atoms with van der Waals surface area (Å²) in [5.41, 5.74) is 1.03. The van der Waals surface area contributed by atoms with E-state index in [9.17, 15) is 8.42 Å². The molecule has 0 radical (unpaired) electrons. The molecule has 0 bridgehead atoms. The lowest BCUT2D eigenvalue weighted by Gasteiger charge is -2.13. The maximum Gasteiger partial charge on any atom is 0.263 e. The van der Waals surface area contributed by atoms with Crippen molar-refractivity contribution in [3.8, 4) is 0 Å². The number of benzene rings is 2. The van der Waals surface area contributed by atoms with Gasteiger partial charge in [0.05, 0.1) is 11.4 Å². The van der Waals surface area contributed by atoms with Gasteiger partial charge in [-0.25, -0.2) is 8.42 Å². The fourth-order valence-corrected chi connectivity index (χ4v) is 3.29. The fraction of sp³-hybridized carbons (Fsp3) is 0.200. The van der Waals surface area contributed by atoms with Gasteiger partial charge in [0.2, 0.25) is 0 Å². The quantitative estimate of drug-likeness (QED) is 0.845. The zero-order chi connectivity index (χ0) is 15.3. The van der Waals surface area contributed by atoms with E-state index < -0.39 is 10.0 Å². The molecule has 112 valence electrons. The highest BCUT2D eigenvalue weighted by atomic mass is 35.5. The van der Waals surface area contributed by atoms with Gasteiger partial charge >= 0.3 is 0 Å². The molecule has 0 aliphatic carbocycles. The topological polar surface area (TPSA) is 58.2 Å². The van der Waals surface area contributed by atoms with Crippen LogP contribution in [0.25, 0.3) is 0 Å². The minimum atomic E-state index is -3.66. The maximum absolute atomic E-state index is 12.5. The molecule has 0 aliphatic rings. The normalized spacial score (nSPS) is 11.1. The number of sulfonamides is 1. The average Bonchev–Trinajstić information content (AvgIpc) is 2.45. The van der Waals surface area contributed by atoms with E-state index in [-0.39, 0.29) is 4.90 Å². The predicted octanol–water partition coefficient (Wildman–Crippen LogP) is 3.96. The number of anilines is 2. The highest BCUT2D eigenvalue weighted by Gasteiger charge is 2.18. The molecule has 0 heterocycles. The Morgan fingerprint density at radius 1 is 1.10 bits per heavy atom. The summed E-state index contributed by atoms with van der Waals surface area (Å²) in [6.45, 7) is 2.73. The minimum absolute atomic E-state index is 0.221. The average molecular weight is 325 g/mol. The SMILES string of the molecule is CCCNc1ccccc1S(=O)(=O)Nc1cccc(Cl)c1. The summed E-state index contributed by atoms with van der Waals surface area (Å²) in [6, 6.07) is 13.4. The van der Waals surface area contributed by atoms with Crippen molar-refractivity contribution >= 4 is 33.0 Å². The molecule has 21 heavy (non-hydrogen) atoms. The summed E-state index contributed by atoms with van der Waals surface area (Å²) >= 11 is 5.87. The van der Waals surface area contributed by atoms with E-state index in [1.807, 2.05) is 6.92 Å². The third-order valence-corrected chi connectivity index (χ3v) is 4.49. The third-order valence-electron chi connectivity index (χ3n) is 2.82. The minimum Gasteiger partial charge on any atom is -0.384 e. The van der Waals surface area contributed by atoms with Crippen LogP contribution in [0.4, 0.5) is 11.4 Å². The molecule has 2 rings (SSSR count). The molecule has 0 aromatic heterocycles. The second-order valence-electron chi connectivity index (χ2n) is 4.54. The fourth-order valence-electron chi connectivity index (χ4n) is 1.87. The molecule has 0 unspecified atom stereocenters. The van der Waals surface area contributed by atoms with Crippen LogP contribution in [0, 0.1) is 0 Å². The van der Waals surface area contributed by atoms with Crippen LogP contribution in [0.1, 0.15) is 13.3 Å². The smallest absolute Gasteiger partial charge is 0.263 e. The summed E-state index contributed by atoms with van der Waals surface area (Å²) in [5, 5.41) is 3.60. The van der Waals surface area contributed by atoms with Crippen LogP contribution in [-0.4, -0.2) is 15.0 Å². The lowest BCUT2D eigenvalue weighted by molar-refractivity contribution is 0.601. The van der Waals surface area contributed by atoms with Gasteiger partial charge in [0, 0.05) is 11.6 Å². The Hall–Kier alpha value is -1.72. The van der Waals surface area contributed by atoms with Crippen molar-refractivity contribution in [1.29, 1.82) is 0 Å². The van der Waals surface area contributed by atoms with Crippen LogP contribution in [0.15, 0.2) is 53.4 Å². The Morgan fingerprint density at radius 3 is 2.57 bits per heavy atom. The Kier molecular flexibility index (Phi) is 5.09. The van der Waals surface area contributed by atoms with Crippen molar-refractivity contribution in [3.05, 3.63) is 53.6 Å². The van der Waals surface area contributed by atoms with Gasteiger partial charge in [0.25, 0.3) is 10.0 Å². The second kappa shape index (κ2) is 6.83. The predicted molar refractivity (Wildman–Crippen MR) is 87.5 cm³/mol. The van der Waals surface area contributed by atoms with E-state index in [1.165, 1.54) is 0 Å². The van der Waals surface area contributed by atoms with Crippen molar-refractivity contribution in [1.82, 2.24) is 0 Å². The highest BCUT2D eigenvalue weighted by molar-refractivity contribution is 7.92. The van der Waals surface area contributed by atoms with E-state index in [0.717, 1.165) is 6.42 Å². The summed E-state index contributed by atoms with van der Waals surface area (Å²) in [4.78, 5) is 0.221. The molecule has 2 N–H and O–H groups in total. The van der Waals surface area contributed by atoms with Crippen LogP contribution in [0.3, 0.4) is 0 Å². The van der Waals surface area contributed by atoms with Gasteiger partial charge in [-0.1, -0.05) is 36.7 Å². The molecule has 0 saturated carbocycles. The molecule has 0 aliphatic heterocycles. The zero-order valence-electron chi connectivity index (χ0n) is 11.6. The van der Waals surface area contributed by atoms with Crippen molar-refractivity contribution in [3.63, 3.8) is 0 Å². The lowest BCUT2D eigenvalue weighted by Crippen LogP contribution is -2.15. The molecule has 0 amide bonds. The van der Waals surface area contributed by atoms with Crippen LogP contribution in [0.5, 0.6) is 0 Å². The molecular weight excluding hydrogens is 308 g/mol. The third kappa shape index (κ3) is 4.12. The molecule has 0 spiro atoms. The summed E-state index contributed by atoms with van der Waals surface area (Å²) in [7, 11) is -3.66.